The van der Waals surface area contributed by atoms with E-state index in [0.29, 0.717) is 6.54 Å². The fourth-order valence-electron chi connectivity index (χ4n) is 2.40. The maximum atomic E-state index is 11.8. The maximum absolute atomic E-state index is 11.8. The van der Waals surface area contributed by atoms with Gasteiger partial charge in [0.05, 0.1) is 0 Å². The molecular formula is C11H17NO2. The molecule has 0 aromatic carbocycles. The second kappa shape index (κ2) is 3.73. The first kappa shape index (κ1) is 9.71. The summed E-state index contributed by atoms with van der Waals surface area (Å²) in [6, 6.07) is 0. The molecule has 0 aromatic heterocycles. The highest BCUT2D eigenvalue weighted by molar-refractivity contribution is 5.97. The molecule has 1 heterocycles. The Hall–Kier alpha value is -0.830. The van der Waals surface area contributed by atoms with Gasteiger partial charge in [-0.15, -0.1) is 0 Å². The molecule has 3 heteroatoms. The van der Waals surface area contributed by atoms with Gasteiger partial charge >= 0.3 is 0 Å². The fourth-order valence-corrected chi connectivity index (χ4v) is 2.40. The van der Waals surface area contributed by atoms with Gasteiger partial charge in [0, 0.05) is 12.1 Å². The number of carbonyl (C=O) groups excluding carboxylic acids is 1. The third-order valence-corrected chi connectivity index (χ3v) is 3.10. The van der Waals surface area contributed by atoms with Gasteiger partial charge in [0.25, 0.3) is 5.91 Å². The van der Waals surface area contributed by atoms with Crippen molar-refractivity contribution >= 4 is 5.91 Å². The van der Waals surface area contributed by atoms with E-state index in [2.05, 4.69) is 0 Å². The normalized spacial score (nSPS) is 27.1. The highest BCUT2D eigenvalue weighted by Gasteiger charge is 2.37. The van der Waals surface area contributed by atoms with Crippen molar-refractivity contribution in [3.8, 4) is 0 Å². The molecule has 1 aliphatic heterocycles. The van der Waals surface area contributed by atoms with Crippen LogP contribution in [0.4, 0.5) is 0 Å². The molecule has 0 bridgehead atoms. The number of carbonyl (C=O) groups is 1. The highest BCUT2D eigenvalue weighted by Crippen LogP contribution is 2.35. The van der Waals surface area contributed by atoms with Crippen LogP contribution in [0.1, 0.15) is 39.0 Å². The van der Waals surface area contributed by atoms with Crippen LogP contribution in [0, 0.1) is 0 Å². The topological polar surface area (TPSA) is 40.5 Å². The predicted molar refractivity (Wildman–Crippen MR) is 53.5 cm³/mol. The van der Waals surface area contributed by atoms with Gasteiger partial charge in [0.2, 0.25) is 0 Å². The van der Waals surface area contributed by atoms with E-state index in [1.54, 1.807) is 4.90 Å². The van der Waals surface area contributed by atoms with Gasteiger partial charge in [0.15, 0.2) is 6.23 Å². The van der Waals surface area contributed by atoms with Gasteiger partial charge in [-0.25, -0.2) is 0 Å². The number of amides is 1. The van der Waals surface area contributed by atoms with Crippen molar-refractivity contribution < 1.29 is 9.90 Å². The monoisotopic (exact) mass is 195 g/mol. The molecule has 1 aliphatic carbocycles. The van der Waals surface area contributed by atoms with E-state index in [9.17, 15) is 9.90 Å². The van der Waals surface area contributed by atoms with Gasteiger partial charge in [-0.2, -0.15) is 0 Å². The van der Waals surface area contributed by atoms with Crippen molar-refractivity contribution in [2.24, 2.45) is 0 Å². The first-order valence-electron chi connectivity index (χ1n) is 5.46. The molecule has 0 aromatic rings. The summed E-state index contributed by atoms with van der Waals surface area (Å²) in [7, 11) is 0. The Labute approximate surface area is 84.4 Å². The number of hydrogen-bond donors (Lipinski definition) is 1. The fraction of sp³-hybridized carbons (Fsp3) is 0.727. The Morgan fingerprint density at radius 2 is 2.14 bits per heavy atom. The van der Waals surface area contributed by atoms with Gasteiger partial charge in [0.1, 0.15) is 0 Å². The number of hydrogen-bond acceptors (Lipinski definition) is 2. The molecule has 78 valence electrons. The molecule has 0 fully saturated rings. The summed E-state index contributed by atoms with van der Waals surface area (Å²) in [4.78, 5) is 13.5. The maximum Gasteiger partial charge on any atom is 0.252 e. The average molecular weight is 195 g/mol. The number of nitrogens with zero attached hydrogens (tertiary/aromatic N) is 1. The molecule has 1 atom stereocenters. The molecular weight excluding hydrogens is 178 g/mol. The van der Waals surface area contributed by atoms with Crippen LogP contribution in [-0.4, -0.2) is 28.7 Å². The lowest BCUT2D eigenvalue weighted by Crippen LogP contribution is -2.35. The number of aliphatic hydroxyl groups excluding tert-OH is 1. The van der Waals surface area contributed by atoms with E-state index < -0.39 is 6.23 Å². The summed E-state index contributed by atoms with van der Waals surface area (Å²) in [6.45, 7) is 2.70. The van der Waals surface area contributed by atoms with E-state index in [4.69, 9.17) is 0 Å². The van der Waals surface area contributed by atoms with E-state index in [-0.39, 0.29) is 5.91 Å². The van der Waals surface area contributed by atoms with E-state index in [0.717, 1.165) is 43.3 Å². The Kier molecular flexibility index (Phi) is 2.59. The van der Waals surface area contributed by atoms with Crippen LogP contribution in [0.2, 0.25) is 0 Å². The minimum Gasteiger partial charge on any atom is -0.369 e. The zero-order valence-corrected chi connectivity index (χ0v) is 8.62. The lowest BCUT2D eigenvalue weighted by atomic mass is 9.93. The summed E-state index contributed by atoms with van der Waals surface area (Å²) in [6.07, 6.45) is 4.27. The minimum absolute atomic E-state index is 0.0778. The first-order chi connectivity index (χ1) is 6.75. The summed E-state index contributed by atoms with van der Waals surface area (Å²) in [5.74, 6) is 0.0778. The van der Waals surface area contributed by atoms with Gasteiger partial charge in [-0.3, -0.25) is 4.79 Å². The van der Waals surface area contributed by atoms with Crippen LogP contribution >= 0.6 is 0 Å². The second-order valence-electron chi connectivity index (χ2n) is 4.08. The van der Waals surface area contributed by atoms with Crippen molar-refractivity contribution in [3.05, 3.63) is 11.1 Å². The van der Waals surface area contributed by atoms with Gasteiger partial charge < -0.3 is 10.0 Å². The van der Waals surface area contributed by atoms with Crippen molar-refractivity contribution in [2.75, 3.05) is 6.54 Å². The third kappa shape index (κ3) is 1.36. The lowest BCUT2D eigenvalue weighted by molar-refractivity contribution is -0.131. The van der Waals surface area contributed by atoms with Crippen LogP contribution in [-0.2, 0) is 4.79 Å². The summed E-state index contributed by atoms with van der Waals surface area (Å²) in [5.41, 5.74) is 1.90. The van der Waals surface area contributed by atoms with Crippen LogP contribution in [0.15, 0.2) is 11.1 Å². The quantitative estimate of drug-likeness (QED) is 0.724. The number of rotatable bonds is 2. The van der Waals surface area contributed by atoms with Gasteiger partial charge in [-0.05, 0) is 37.7 Å². The Morgan fingerprint density at radius 3 is 2.79 bits per heavy atom. The molecule has 1 N–H and O–H groups in total. The van der Waals surface area contributed by atoms with Gasteiger partial charge in [-0.1, -0.05) is 6.92 Å². The third-order valence-electron chi connectivity index (χ3n) is 3.10. The molecule has 14 heavy (non-hydrogen) atoms. The van der Waals surface area contributed by atoms with E-state index in [1.807, 2.05) is 6.92 Å². The Bertz CT molecular complexity index is 283. The zero-order chi connectivity index (χ0) is 10.1. The molecule has 2 rings (SSSR count). The Balaban J connectivity index is 2.21. The summed E-state index contributed by atoms with van der Waals surface area (Å²) >= 11 is 0. The standard InChI is InChI=1S/C11H17NO2/c1-2-7-12-10(13)8-5-3-4-6-9(8)11(12)14/h10,13H,2-7H2,1H3/t10-/m1/s1. The lowest BCUT2D eigenvalue weighted by Gasteiger charge is -2.21. The van der Waals surface area contributed by atoms with E-state index >= 15 is 0 Å². The molecule has 0 unspecified atom stereocenters. The smallest absolute Gasteiger partial charge is 0.252 e. The van der Waals surface area contributed by atoms with Crippen molar-refractivity contribution in [2.45, 2.75) is 45.3 Å². The highest BCUT2D eigenvalue weighted by atomic mass is 16.3. The second-order valence-corrected chi connectivity index (χ2v) is 4.08. The molecule has 0 spiro atoms. The number of aliphatic hydroxyl groups is 1. The van der Waals surface area contributed by atoms with Crippen molar-refractivity contribution in [1.82, 2.24) is 4.90 Å². The molecule has 2 aliphatic rings. The average Bonchev–Trinajstić information content (AvgIpc) is 2.45. The predicted octanol–water partition coefficient (Wildman–Crippen LogP) is 1.43. The SMILES string of the molecule is CCCN1C(=O)C2=C(CCCC2)[C@H]1O. The van der Waals surface area contributed by atoms with Crippen LogP contribution in [0.3, 0.4) is 0 Å². The van der Waals surface area contributed by atoms with Crippen molar-refractivity contribution in [1.29, 1.82) is 0 Å². The summed E-state index contributed by atoms with van der Waals surface area (Å²) in [5, 5.41) is 9.93. The molecule has 0 radical (unpaired) electrons. The Morgan fingerprint density at radius 1 is 1.43 bits per heavy atom. The van der Waals surface area contributed by atoms with Crippen LogP contribution in [0.25, 0.3) is 0 Å². The summed E-state index contributed by atoms with van der Waals surface area (Å²) < 4.78 is 0. The zero-order valence-electron chi connectivity index (χ0n) is 8.62. The molecule has 0 saturated carbocycles. The van der Waals surface area contributed by atoms with Crippen LogP contribution in [0.5, 0.6) is 0 Å². The molecule has 0 saturated heterocycles. The minimum atomic E-state index is -0.613. The first-order valence-corrected chi connectivity index (χ1v) is 5.46. The van der Waals surface area contributed by atoms with Crippen LogP contribution < -0.4 is 0 Å². The molecule has 1 amide bonds. The molecule has 3 nitrogen and oxygen atoms in total. The van der Waals surface area contributed by atoms with E-state index in [1.165, 1.54) is 0 Å². The largest absolute Gasteiger partial charge is 0.369 e. The van der Waals surface area contributed by atoms with Crippen molar-refractivity contribution in [3.63, 3.8) is 0 Å².